The number of likely N-dealkylation sites (tertiary alicyclic amines) is 1. The Hall–Kier alpha value is -0.570. The molecule has 1 aliphatic heterocycles. The van der Waals surface area contributed by atoms with Crippen LogP contribution in [0.4, 0.5) is 0 Å². The SMILES string of the molecule is CCCC(C)CN1CCC(C(=O)OC)CC1. The van der Waals surface area contributed by atoms with Crippen molar-refractivity contribution >= 4 is 5.97 Å². The summed E-state index contributed by atoms with van der Waals surface area (Å²) < 4.78 is 4.79. The van der Waals surface area contributed by atoms with Crippen LogP contribution in [-0.2, 0) is 9.53 Å². The number of carbonyl (C=O) groups excluding carboxylic acids is 1. The zero-order chi connectivity index (χ0) is 12.0. The smallest absolute Gasteiger partial charge is 0.308 e. The Balaban J connectivity index is 2.24. The summed E-state index contributed by atoms with van der Waals surface area (Å²) in [5.74, 6) is 0.892. The van der Waals surface area contributed by atoms with E-state index in [1.165, 1.54) is 26.5 Å². The molecule has 1 aliphatic rings. The standard InChI is InChI=1S/C13H25NO2/c1-4-5-11(2)10-14-8-6-12(7-9-14)13(15)16-3/h11-12H,4-10H2,1-3H3. The second kappa shape index (κ2) is 6.89. The van der Waals surface area contributed by atoms with Crippen molar-refractivity contribution in [2.75, 3.05) is 26.7 Å². The first-order valence-electron chi connectivity index (χ1n) is 6.47. The van der Waals surface area contributed by atoms with Gasteiger partial charge in [0.1, 0.15) is 0 Å². The second-order valence-electron chi connectivity index (χ2n) is 4.99. The Bertz CT molecular complexity index is 210. The maximum absolute atomic E-state index is 11.4. The molecule has 0 aromatic rings. The Morgan fingerprint density at radius 3 is 2.56 bits per heavy atom. The maximum Gasteiger partial charge on any atom is 0.308 e. The maximum atomic E-state index is 11.4. The van der Waals surface area contributed by atoms with Crippen LogP contribution in [0.3, 0.4) is 0 Å². The highest BCUT2D eigenvalue weighted by Gasteiger charge is 2.25. The van der Waals surface area contributed by atoms with Crippen LogP contribution in [0.5, 0.6) is 0 Å². The lowest BCUT2D eigenvalue weighted by molar-refractivity contribution is -0.147. The van der Waals surface area contributed by atoms with Gasteiger partial charge in [-0.05, 0) is 38.3 Å². The topological polar surface area (TPSA) is 29.5 Å². The van der Waals surface area contributed by atoms with E-state index in [0.29, 0.717) is 0 Å². The predicted octanol–water partition coefficient (Wildman–Crippen LogP) is 2.31. The van der Waals surface area contributed by atoms with Crippen molar-refractivity contribution < 1.29 is 9.53 Å². The number of rotatable bonds is 5. The lowest BCUT2D eigenvalue weighted by Crippen LogP contribution is -2.38. The van der Waals surface area contributed by atoms with Crippen molar-refractivity contribution in [1.82, 2.24) is 4.90 Å². The van der Waals surface area contributed by atoms with Crippen molar-refractivity contribution in [3.8, 4) is 0 Å². The van der Waals surface area contributed by atoms with Crippen LogP contribution < -0.4 is 0 Å². The number of hydrogen-bond donors (Lipinski definition) is 0. The van der Waals surface area contributed by atoms with Crippen molar-refractivity contribution in [2.24, 2.45) is 11.8 Å². The van der Waals surface area contributed by atoms with Gasteiger partial charge in [0, 0.05) is 6.54 Å². The van der Waals surface area contributed by atoms with Gasteiger partial charge in [-0.15, -0.1) is 0 Å². The van der Waals surface area contributed by atoms with Crippen LogP contribution >= 0.6 is 0 Å². The molecule has 1 unspecified atom stereocenters. The zero-order valence-corrected chi connectivity index (χ0v) is 10.9. The van der Waals surface area contributed by atoms with E-state index in [4.69, 9.17) is 4.74 Å². The average molecular weight is 227 g/mol. The van der Waals surface area contributed by atoms with Gasteiger partial charge in [-0.3, -0.25) is 4.79 Å². The highest BCUT2D eigenvalue weighted by Crippen LogP contribution is 2.20. The molecule has 16 heavy (non-hydrogen) atoms. The Morgan fingerprint density at radius 1 is 1.44 bits per heavy atom. The van der Waals surface area contributed by atoms with Gasteiger partial charge in [-0.25, -0.2) is 0 Å². The van der Waals surface area contributed by atoms with E-state index in [0.717, 1.165) is 31.8 Å². The lowest BCUT2D eigenvalue weighted by atomic mass is 9.95. The molecule has 0 bridgehead atoms. The summed E-state index contributed by atoms with van der Waals surface area (Å²) in [5, 5.41) is 0. The molecule has 0 amide bonds. The molecule has 0 radical (unpaired) electrons. The van der Waals surface area contributed by atoms with Crippen LogP contribution in [0.2, 0.25) is 0 Å². The van der Waals surface area contributed by atoms with Crippen LogP contribution in [0.25, 0.3) is 0 Å². The number of methoxy groups -OCH3 is 1. The van der Waals surface area contributed by atoms with E-state index in [2.05, 4.69) is 18.7 Å². The van der Waals surface area contributed by atoms with Crippen LogP contribution in [-0.4, -0.2) is 37.6 Å². The van der Waals surface area contributed by atoms with E-state index in [1.54, 1.807) is 0 Å². The third kappa shape index (κ3) is 4.12. The van der Waals surface area contributed by atoms with E-state index < -0.39 is 0 Å². The number of nitrogens with zero attached hydrogens (tertiary/aromatic N) is 1. The van der Waals surface area contributed by atoms with Gasteiger partial charge in [-0.1, -0.05) is 20.3 Å². The summed E-state index contributed by atoms with van der Waals surface area (Å²) in [6.45, 7) is 7.83. The third-order valence-corrected chi connectivity index (χ3v) is 3.47. The fourth-order valence-corrected chi connectivity index (χ4v) is 2.54. The summed E-state index contributed by atoms with van der Waals surface area (Å²) in [6, 6.07) is 0. The molecule has 1 atom stereocenters. The second-order valence-corrected chi connectivity index (χ2v) is 4.99. The molecule has 1 saturated heterocycles. The Kier molecular flexibility index (Phi) is 5.81. The highest BCUT2D eigenvalue weighted by atomic mass is 16.5. The molecule has 0 aromatic carbocycles. The molecule has 1 heterocycles. The number of carbonyl (C=O) groups is 1. The van der Waals surface area contributed by atoms with Crippen LogP contribution in [0, 0.1) is 11.8 Å². The van der Waals surface area contributed by atoms with Gasteiger partial charge in [0.25, 0.3) is 0 Å². The summed E-state index contributed by atoms with van der Waals surface area (Å²) in [6.07, 6.45) is 4.49. The predicted molar refractivity (Wildman–Crippen MR) is 65.3 cm³/mol. The molecule has 1 rings (SSSR count). The van der Waals surface area contributed by atoms with Gasteiger partial charge in [0.05, 0.1) is 13.0 Å². The van der Waals surface area contributed by atoms with Gasteiger partial charge < -0.3 is 9.64 Å². The average Bonchev–Trinajstić information content (AvgIpc) is 2.29. The quantitative estimate of drug-likeness (QED) is 0.675. The summed E-state index contributed by atoms with van der Waals surface area (Å²) in [4.78, 5) is 13.8. The minimum Gasteiger partial charge on any atom is -0.469 e. The third-order valence-electron chi connectivity index (χ3n) is 3.47. The van der Waals surface area contributed by atoms with Crippen LogP contribution in [0.15, 0.2) is 0 Å². The first-order valence-corrected chi connectivity index (χ1v) is 6.47. The normalized spacial score (nSPS) is 20.7. The first-order chi connectivity index (χ1) is 7.67. The molecule has 3 heteroatoms. The highest BCUT2D eigenvalue weighted by molar-refractivity contribution is 5.72. The van der Waals surface area contributed by atoms with E-state index >= 15 is 0 Å². The van der Waals surface area contributed by atoms with Gasteiger partial charge >= 0.3 is 5.97 Å². The van der Waals surface area contributed by atoms with Crippen molar-refractivity contribution in [2.45, 2.75) is 39.5 Å². The molecule has 0 aromatic heterocycles. The van der Waals surface area contributed by atoms with Crippen molar-refractivity contribution in [1.29, 1.82) is 0 Å². The molecule has 3 nitrogen and oxygen atoms in total. The number of esters is 1. The summed E-state index contributed by atoms with van der Waals surface area (Å²) in [5.41, 5.74) is 0. The first kappa shape index (κ1) is 13.5. The molecule has 94 valence electrons. The zero-order valence-electron chi connectivity index (χ0n) is 10.9. The van der Waals surface area contributed by atoms with E-state index in [-0.39, 0.29) is 11.9 Å². The fourth-order valence-electron chi connectivity index (χ4n) is 2.54. The Morgan fingerprint density at radius 2 is 2.06 bits per heavy atom. The minimum absolute atomic E-state index is 0.0266. The molecular formula is C13H25NO2. The van der Waals surface area contributed by atoms with Gasteiger partial charge in [0.15, 0.2) is 0 Å². The molecule has 0 spiro atoms. The lowest BCUT2D eigenvalue weighted by Gasteiger charge is -2.32. The van der Waals surface area contributed by atoms with Crippen molar-refractivity contribution in [3.63, 3.8) is 0 Å². The number of ether oxygens (including phenoxy) is 1. The van der Waals surface area contributed by atoms with E-state index in [9.17, 15) is 4.79 Å². The van der Waals surface area contributed by atoms with Gasteiger partial charge in [0.2, 0.25) is 0 Å². The van der Waals surface area contributed by atoms with E-state index in [1.807, 2.05) is 0 Å². The minimum atomic E-state index is -0.0266. The van der Waals surface area contributed by atoms with Gasteiger partial charge in [-0.2, -0.15) is 0 Å². The monoisotopic (exact) mass is 227 g/mol. The number of hydrogen-bond acceptors (Lipinski definition) is 3. The summed E-state index contributed by atoms with van der Waals surface area (Å²) >= 11 is 0. The Labute approximate surface area is 99.1 Å². The molecule has 1 fully saturated rings. The fraction of sp³-hybridized carbons (Fsp3) is 0.923. The number of piperidine rings is 1. The molecular weight excluding hydrogens is 202 g/mol. The van der Waals surface area contributed by atoms with Crippen molar-refractivity contribution in [3.05, 3.63) is 0 Å². The molecule has 0 saturated carbocycles. The summed E-state index contributed by atoms with van der Waals surface area (Å²) in [7, 11) is 1.48. The largest absolute Gasteiger partial charge is 0.469 e. The van der Waals surface area contributed by atoms with Crippen LogP contribution in [0.1, 0.15) is 39.5 Å². The molecule has 0 aliphatic carbocycles. The molecule has 0 N–H and O–H groups in total.